The number of ketones is 1. The van der Waals surface area contributed by atoms with Crippen LogP contribution in [0.25, 0.3) is 5.65 Å². The second-order valence-corrected chi connectivity index (χ2v) is 6.19. The fourth-order valence-electron chi connectivity index (χ4n) is 2.06. The summed E-state index contributed by atoms with van der Waals surface area (Å²) in [4.78, 5) is 16.9. The first kappa shape index (κ1) is 16.9. The number of carbonyl (C=O) groups is 1. The van der Waals surface area contributed by atoms with E-state index in [0.717, 1.165) is 11.3 Å². The molecule has 0 aliphatic heterocycles. The minimum Gasteiger partial charge on any atom is -0.461 e. The van der Waals surface area contributed by atoms with Crippen molar-refractivity contribution in [1.82, 2.24) is 9.38 Å². The normalized spacial score (nSPS) is 11.1. The van der Waals surface area contributed by atoms with Crippen molar-refractivity contribution in [3.63, 3.8) is 0 Å². The number of fused-ring (bicyclic) bond motifs is 1. The van der Waals surface area contributed by atoms with Crippen molar-refractivity contribution in [1.29, 1.82) is 0 Å². The zero-order chi connectivity index (χ0) is 17.0. The Morgan fingerprint density at radius 3 is 2.57 bits per heavy atom. The van der Waals surface area contributed by atoms with Crippen LogP contribution < -0.4 is 0 Å². The number of aryl methyl sites for hydroxylation is 1. The summed E-state index contributed by atoms with van der Waals surface area (Å²) in [5.41, 5.74) is 2.16. The lowest BCUT2D eigenvalue weighted by atomic mass is 10.1. The minimum atomic E-state index is -3.67. The van der Waals surface area contributed by atoms with Gasteiger partial charge in [0.05, 0.1) is 18.2 Å². The molecule has 0 atom stereocenters. The largest absolute Gasteiger partial charge is 0.461 e. The van der Waals surface area contributed by atoms with E-state index < -0.39 is 10.1 Å². The van der Waals surface area contributed by atoms with Crippen LogP contribution in [0.15, 0.2) is 47.2 Å². The summed E-state index contributed by atoms with van der Waals surface area (Å²) in [5, 5.41) is 0. The summed E-state index contributed by atoms with van der Waals surface area (Å²) in [6, 6.07) is 9.06. The Balaban J connectivity index is 0.000000338. The van der Waals surface area contributed by atoms with Crippen molar-refractivity contribution in [2.45, 2.75) is 13.3 Å². The van der Waals surface area contributed by atoms with Crippen LogP contribution >= 0.6 is 0 Å². The molecular weight excluding hydrogens is 320 g/mol. The number of hydrogen-bond donors (Lipinski definition) is 1. The predicted molar refractivity (Wildman–Crippen MR) is 84.2 cm³/mol. The fraction of sp³-hybridized carbons (Fsp3) is 0.200. The van der Waals surface area contributed by atoms with E-state index in [1.807, 2.05) is 35.7 Å². The molecule has 0 saturated carbocycles. The molecule has 0 unspecified atom stereocenters. The summed E-state index contributed by atoms with van der Waals surface area (Å²) in [6.45, 7) is 1.99. The standard InChI is InChI=1S/C14H12N2O2.CH4O3S/c1-2-10-13(14(17)11-6-5-9-18-11)16-8-4-3-7-12(16)15-10;1-5(2,3)4/h3-9H,2H2,1H3;1H3,(H,2,3,4). The maximum absolute atomic E-state index is 12.4. The van der Waals surface area contributed by atoms with Gasteiger partial charge in [0.2, 0.25) is 5.78 Å². The van der Waals surface area contributed by atoms with Gasteiger partial charge in [0.15, 0.2) is 5.76 Å². The molecule has 3 aromatic rings. The van der Waals surface area contributed by atoms with Crippen LogP contribution in [0.5, 0.6) is 0 Å². The van der Waals surface area contributed by atoms with Crippen LogP contribution in [-0.2, 0) is 16.5 Å². The molecule has 0 saturated heterocycles. The molecule has 0 aliphatic carbocycles. The number of furan rings is 1. The lowest BCUT2D eigenvalue weighted by Crippen LogP contribution is -2.06. The van der Waals surface area contributed by atoms with Crippen molar-refractivity contribution in [2.24, 2.45) is 0 Å². The van der Waals surface area contributed by atoms with E-state index in [9.17, 15) is 13.2 Å². The van der Waals surface area contributed by atoms with Crippen LogP contribution in [0.2, 0.25) is 0 Å². The Morgan fingerprint density at radius 2 is 2.00 bits per heavy atom. The number of hydrogen-bond acceptors (Lipinski definition) is 5. The Labute approximate surface area is 133 Å². The molecule has 0 fully saturated rings. The summed E-state index contributed by atoms with van der Waals surface area (Å²) < 4.78 is 32.9. The maximum Gasteiger partial charge on any atom is 0.261 e. The summed E-state index contributed by atoms with van der Waals surface area (Å²) in [6.07, 6.45) is 4.77. The van der Waals surface area contributed by atoms with E-state index in [-0.39, 0.29) is 5.78 Å². The summed E-state index contributed by atoms with van der Waals surface area (Å²) >= 11 is 0. The van der Waals surface area contributed by atoms with Gasteiger partial charge in [-0.3, -0.25) is 13.7 Å². The average Bonchev–Trinajstić information content (AvgIpc) is 3.12. The smallest absolute Gasteiger partial charge is 0.261 e. The van der Waals surface area contributed by atoms with Crippen molar-refractivity contribution < 1.29 is 22.2 Å². The van der Waals surface area contributed by atoms with Gasteiger partial charge in [-0.05, 0) is 30.7 Å². The molecule has 0 amide bonds. The zero-order valence-corrected chi connectivity index (χ0v) is 13.4. The second-order valence-electron chi connectivity index (χ2n) is 4.73. The topological polar surface area (TPSA) is 102 Å². The van der Waals surface area contributed by atoms with Crippen LogP contribution in [-0.4, -0.2) is 34.4 Å². The Morgan fingerprint density at radius 1 is 1.30 bits per heavy atom. The van der Waals surface area contributed by atoms with Crippen molar-refractivity contribution in [3.8, 4) is 0 Å². The second kappa shape index (κ2) is 6.76. The molecule has 0 aromatic carbocycles. The molecule has 8 heteroatoms. The van der Waals surface area contributed by atoms with Gasteiger partial charge in [-0.2, -0.15) is 8.42 Å². The van der Waals surface area contributed by atoms with Crippen LogP contribution in [0.3, 0.4) is 0 Å². The summed E-state index contributed by atoms with van der Waals surface area (Å²) in [5.74, 6) is 0.214. The highest BCUT2D eigenvalue weighted by Crippen LogP contribution is 2.17. The van der Waals surface area contributed by atoms with Gasteiger partial charge in [0, 0.05) is 6.20 Å². The van der Waals surface area contributed by atoms with E-state index >= 15 is 0 Å². The highest BCUT2D eigenvalue weighted by molar-refractivity contribution is 7.85. The lowest BCUT2D eigenvalue weighted by Gasteiger charge is -2.00. The number of nitrogens with zero attached hydrogens (tertiary/aromatic N) is 2. The third kappa shape index (κ3) is 4.27. The first-order chi connectivity index (χ1) is 10.8. The number of pyridine rings is 1. The van der Waals surface area contributed by atoms with Gasteiger partial charge in [0.25, 0.3) is 10.1 Å². The minimum absolute atomic E-state index is 0.129. The molecule has 3 rings (SSSR count). The number of carbonyl (C=O) groups excluding carboxylic acids is 1. The summed E-state index contributed by atoms with van der Waals surface area (Å²) in [7, 11) is -3.67. The average molecular weight is 336 g/mol. The first-order valence-electron chi connectivity index (χ1n) is 6.78. The monoisotopic (exact) mass is 336 g/mol. The van der Waals surface area contributed by atoms with Gasteiger partial charge >= 0.3 is 0 Å². The number of imidazole rings is 1. The third-order valence-corrected chi connectivity index (χ3v) is 2.90. The predicted octanol–water partition coefficient (Wildman–Crippen LogP) is 2.22. The molecule has 0 radical (unpaired) electrons. The molecular formula is C15H16N2O5S. The molecule has 3 aromatic heterocycles. The molecule has 23 heavy (non-hydrogen) atoms. The van der Waals surface area contributed by atoms with Crippen LogP contribution in [0.1, 0.15) is 28.9 Å². The highest BCUT2D eigenvalue weighted by Gasteiger charge is 2.21. The molecule has 0 aliphatic rings. The lowest BCUT2D eigenvalue weighted by molar-refractivity contribution is 0.100. The fourth-order valence-corrected chi connectivity index (χ4v) is 2.06. The quantitative estimate of drug-likeness (QED) is 0.581. The van der Waals surface area contributed by atoms with Gasteiger partial charge in [-0.15, -0.1) is 0 Å². The van der Waals surface area contributed by atoms with Crippen molar-refractivity contribution >= 4 is 21.5 Å². The molecule has 122 valence electrons. The molecule has 0 bridgehead atoms. The van der Waals surface area contributed by atoms with E-state index in [4.69, 9.17) is 8.97 Å². The molecule has 1 N–H and O–H groups in total. The van der Waals surface area contributed by atoms with E-state index in [2.05, 4.69) is 4.98 Å². The van der Waals surface area contributed by atoms with E-state index in [1.165, 1.54) is 6.26 Å². The number of aromatic nitrogens is 2. The van der Waals surface area contributed by atoms with E-state index in [0.29, 0.717) is 24.1 Å². The number of rotatable bonds is 3. The Kier molecular flexibility index (Phi) is 4.97. The zero-order valence-electron chi connectivity index (χ0n) is 12.6. The highest BCUT2D eigenvalue weighted by atomic mass is 32.2. The molecule has 7 nitrogen and oxygen atoms in total. The van der Waals surface area contributed by atoms with Crippen molar-refractivity contribution in [3.05, 3.63) is 59.9 Å². The van der Waals surface area contributed by atoms with Gasteiger partial charge in [-0.1, -0.05) is 13.0 Å². The third-order valence-electron chi connectivity index (χ3n) is 2.90. The van der Waals surface area contributed by atoms with E-state index in [1.54, 1.807) is 12.1 Å². The van der Waals surface area contributed by atoms with Crippen molar-refractivity contribution in [2.75, 3.05) is 6.26 Å². The molecule has 3 heterocycles. The van der Waals surface area contributed by atoms with Gasteiger partial charge in [-0.25, -0.2) is 4.98 Å². The Bertz CT molecular complexity index is 903. The maximum atomic E-state index is 12.4. The first-order valence-corrected chi connectivity index (χ1v) is 8.62. The van der Waals surface area contributed by atoms with Gasteiger partial charge < -0.3 is 4.42 Å². The molecule has 0 spiro atoms. The SMILES string of the molecule is CCc1nc2ccccn2c1C(=O)c1ccco1.CS(=O)(=O)O. The van der Waals surface area contributed by atoms with Crippen LogP contribution in [0.4, 0.5) is 0 Å². The Hall–Kier alpha value is -2.45. The van der Waals surface area contributed by atoms with Gasteiger partial charge in [0.1, 0.15) is 11.3 Å². The van der Waals surface area contributed by atoms with Crippen LogP contribution in [0, 0.1) is 0 Å².